The lowest BCUT2D eigenvalue weighted by Gasteiger charge is -2.07. The molecule has 1 aromatic heterocycles. The summed E-state index contributed by atoms with van der Waals surface area (Å²) in [4.78, 5) is 46.8. The number of carbonyl (C=O) groups is 3. The van der Waals surface area contributed by atoms with Crippen LogP contribution in [-0.2, 0) is 9.47 Å². The zero-order valence-electron chi connectivity index (χ0n) is 14.3. The number of nitrogens with zero attached hydrogens (tertiary/aromatic N) is 1. The number of ether oxygens (including phenoxy) is 2. The summed E-state index contributed by atoms with van der Waals surface area (Å²) in [5, 5.41) is 13.4. The molecule has 0 aliphatic rings. The average Bonchev–Trinajstić information content (AvgIpc) is 2.96. The van der Waals surface area contributed by atoms with Gasteiger partial charge in [0.1, 0.15) is 9.88 Å². The van der Waals surface area contributed by atoms with Gasteiger partial charge in [-0.3, -0.25) is 14.9 Å². The van der Waals surface area contributed by atoms with Crippen LogP contribution >= 0.6 is 22.9 Å². The number of hydrogen-bond acceptors (Lipinski definition) is 8. The standard InChI is InChI=1S/C16H13ClN2O7S/c1-7-11(15(21)25-2)14(27-12(7)16(22)26-3)18-13(20)9-6-8(19(23)24)4-5-10(9)17/h4-6H,1-3H3,(H,18,20). The smallest absolute Gasteiger partial charge is 0.348 e. The third-order valence-corrected chi connectivity index (χ3v) is 5.06. The molecule has 0 fully saturated rings. The van der Waals surface area contributed by atoms with Crippen molar-refractivity contribution >= 4 is 51.5 Å². The van der Waals surface area contributed by atoms with Crippen LogP contribution in [0.1, 0.15) is 36.0 Å². The molecule has 0 atom stereocenters. The van der Waals surface area contributed by atoms with E-state index in [4.69, 9.17) is 16.3 Å². The number of thiophene rings is 1. The number of nitro benzene ring substituents is 1. The van der Waals surface area contributed by atoms with E-state index in [9.17, 15) is 24.5 Å². The fraction of sp³-hybridized carbons (Fsp3) is 0.188. The minimum Gasteiger partial charge on any atom is -0.465 e. The molecule has 1 N–H and O–H groups in total. The molecule has 2 rings (SSSR count). The number of hydrogen-bond donors (Lipinski definition) is 1. The third kappa shape index (κ3) is 4.07. The Bertz CT molecular complexity index is 954. The van der Waals surface area contributed by atoms with E-state index < -0.39 is 22.8 Å². The Hall–Kier alpha value is -2.98. The Balaban J connectivity index is 2.49. The molecular weight excluding hydrogens is 400 g/mol. The monoisotopic (exact) mass is 412 g/mol. The first-order chi connectivity index (χ1) is 12.7. The molecule has 9 nitrogen and oxygen atoms in total. The van der Waals surface area contributed by atoms with Crippen molar-refractivity contribution in [1.29, 1.82) is 0 Å². The average molecular weight is 413 g/mol. The minimum absolute atomic E-state index is 0.0146. The second-order valence-electron chi connectivity index (χ2n) is 5.12. The number of esters is 2. The van der Waals surface area contributed by atoms with Crippen LogP contribution < -0.4 is 5.32 Å². The summed E-state index contributed by atoms with van der Waals surface area (Å²) in [7, 11) is 2.33. The van der Waals surface area contributed by atoms with E-state index in [1.807, 2.05) is 0 Å². The van der Waals surface area contributed by atoms with Crippen molar-refractivity contribution in [3.8, 4) is 0 Å². The van der Waals surface area contributed by atoms with E-state index in [0.717, 1.165) is 30.6 Å². The van der Waals surface area contributed by atoms with Gasteiger partial charge in [-0.1, -0.05) is 11.6 Å². The van der Waals surface area contributed by atoms with Gasteiger partial charge in [0.2, 0.25) is 0 Å². The van der Waals surface area contributed by atoms with Gasteiger partial charge in [0.25, 0.3) is 11.6 Å². The fourth-order valence-corrected chi connectivity index (χ4v) is 3.52. The van der Waals surface area contributed by atoms with Crippen LogP contribution in [0.25, 0.3) is 0 Å². The van der Waals surface area contributed by atoms with Gasteiger partial charge in [-0.2, -0.15) is 0 Å². The lowest BCUT2D eigenvalue weighted by atomic mass is 10.1. The van der Waals surface area contributed by atoms with Gasteiger partial charge in [0, 0.05) is 12.1 Å². The van der Waals surface area contributed by atoms with Gasteiger partial charge >= 0.3 is 11.9 Å². The van der Waals surface area contributed by atoms with Gasteiger partial charge in [-0.15, -0.1) is 11.3 Å². The Morgan fingerprint density at radius 2 is 1.81 bits per heavy atom. The van der Waals surface area contributed by atoms with Crippen molar-refractivity contribution < 1.29 is 28.8 Å². The predicted molar refractivity (Wildman–Crippen MR) is 97.8 cm³/mol. The molecule has 2 aromatic rings. The first kappa shape index (κ1) is 20.3. The molecule has 0 unspecified atom stereocenters. The van der Waals surface area contributed by atoms with Crippen LogP contribution in [0.2, 0.25) is 5.02 Å². The molecule has 0 radical (unpaired) electrons. The molecule has 1 amide bonds. The Kier molecular flexibility index (Phi) is 6.13. The van der Waals surface area contributed by atoms with Crippen molar-refractivity contribution in [3.63, 3.8) is 0 Å². The zero-order valence-corrected chi connectivity index (χ0v) is 15.9. The third-order valence-electron chi connectivity index (χ3n) is 3.54. The van der Waals surface area contributed by atoms with Crippen molar-refractivity contribution in [1.82, 2.24) is 0 Å². The SMILES string of the molecule is COC(=O)c1sc(NC(=O)c2cc([N+](=O)[O-])ccc2Cl)c(C(=O)OC)c1C. The number of nitrogens with one attached hydrogen (secondary N) is 1. The highest BCUT2D eigenvalue weighted by molar-refractivity contribution is 7.18. The largest absolute Gasteiger partial charge is 0.465 e. The topological polar surface area (TPSA) is 125 Å². The lowest BCUT2D eigenvalue weighted by Crippen LogP contribution is -2.15. The van der Waals surface area contributed by atoms with Crippen molar-refractivity contribution in [3.05, 3.63) is 54.9 Å². The highest BCUT2D eigenvalue weighted by Gasteiger charge is 2.27. The number of nitro groups is 1. The molecule has 27 heavy (non-hydrogen) atoms. The molecule has 1 aromatic carbocycles. The van der Waals surface area contributed by atoms with Crippen LogP contribution in [0.4, 0.5) is 10.7 Å². The fourth-order valence-electron chi connectivity index (χ4n) is 2.21. The van der Waals surface area contributed by atoms with E-state index in [1.165, 1.54) is 20.1 Å². The van der Waals surface area contributed by atoms with E-state index in [1.54, 1.807) is 0 Å². The number of rotatable bonds is 5. The van der Waals surface area contributed by atoms with Gasteiger partial charge < -0.3 is 14.8 Å². The molecule has 0 saturated heterocycles. The van der Waals surface area contributed by atoms with E-state index in [-0.39, 0.29) is 37.3 Å². The number of methoxy groups -OCH3 is 2. The van der Waals surface area contributed by atoms with Gasteiger partial charge in [0.05, 0.1) is 35.3 Å². The number of halogens is 1. The molecule has 0 aliphatic carbocycles. The zero-order chi connectivity index (χ0) is 20.3. The summed E-state index contributed by atoms with van der Waals surface area (Å²) >= 11 is 6.77. The van der Waals surface area contributed by atoms with Crippen LogP contribution in [0.3, 0.4) is 0 Å². The van der Waals surface area contributed by atoms with E-state index in [2.05, 4.69) is 10.1 Å². The second-order valence-corrected chi connectivity index (χ2v) is 6.55. The summed E-state index contributed by atoms with van der Waals surface area (Å²) in [6, 6.07) is 3.39. The Morgan fingerprint density at radius 1 is 1.19 bits per heavy atom. The highest BCUT2D eigenvalue weighted by Crippen LogP contribution is 2.35. The first-order valence-electron chi connectivity index (χ1n) is 7.26. The number of non-ortho nitro benzene ring substituents is 1. The van der Waals surface area contributed by atoms with E-state index in [0.29, 0.717) is 0 Å². The Morgan fingerprint density at radius 3 is 2.37 bits per heavy atom. The maximum absolute atomic E-state index is 12.6. The molecule has 0 saturated carbocycles. The number of amides is 1. The summed E-state index contributed by atoms with van der Waals surface area (Å²) in [5.74, 6) is -2.23. The molecule has 142 valence electrons. The summed E-state index contributed by atoms with van der Waals surface area (Å²) in [6.07, 6.45) is 0. The highest BCUT2D eigenvalue weighted by atomic mass is 35.5. The van der Waals surface area contributed by atoms with Crippen LogP contribution in [0, 0.1) is 17.0 Å². The van der Waals surface area contributed by atoms with E-state index >= 15 is 0 Å². The van der Waals surface area contributed by atoms with Gasteiger partial charge in [-0.25, -0.2) is 9.59 Å². The van der Waals surface area contributed by atoms with Gasteiger partial charge in [-0.05, 0) is 18.6 Å². The van der Waals surface area contributed by atoms with Crippen molar-refractivity contribution in [2.24, 2.45) is 0 Å². The Labute approximate surface area is 162 Å². The van der Waals surface area contributed by atoms with Crippen LogP contribution in [0.5, 0.6) is 0 Å². The molecule has 0 aliphatic heterocycles. The second kappa shape index (κ2) is 8.14. The lowest BCUT2D eigenvalue weighted by molar-refractivity contribution is -0.384. The number of benzene rings is 1. The number of carbonyl (C=O) groups excluding carboxylic acids is 3. The predicted octanol–water partition coefficient (Wildman–Crippen LogP) is 3.44. The minimum atomic E-state index is -0.786. The van der Waals surface area contributed by atoms with Crippen LogP contribution in [-0.4, -0.2) is 37.0 Å². The maximum Gasteiger partial charge on any atom is 0.348 e. The quantitative estimate of drug-likeness (QED) is 0.453. The maximum atomic E-state index is 12.6. The number of anilines is 1. The molecular formula is C16H13ClN2O7S. The molecule has 0 bridgehead atoms. The summed E-state index contributed by atoms with van der Waals surface area (Å²) in [5.41, 5.74) is -0.223. The first-order valence-corrected chi connectivity index (χ1v) is 8.46. The molecule has 11 heteroatoms. The summed E-state index contributed by atoms with van der Waals surface area (Å²) in [6.45, 7) is 1.50. The molecule has 1 heterocycles. The van der Waals surface area contributed by atoms with Gasteiger partial charge in [0.15, 0.2) is 0 Å². The van der Waals surface area contributed by atoms with Crippen molar-refractivity contribution in [2.75, 3.05) is 19.5 Å². The molecule has 0 spiro atoms. The summed E-state index contributed by atoms with van der Waals surface area (Å²) < 4.78 is 9.36. The normalized spacial score (nSPS) is 10.2. The van der Waals surface area contributed by atoms with Crippen molar-refractivity contribution in [2.45, 2.75) is 6.92 Å². The van der Waals surface area contributed by atoms with Crippen LogP contribution in [0.15, 0.2) is 18.2 Å².